The van der Waals surface area contributed by atoms with Crippen LogP contribution in [0.25, 0.3) is 0 Å². The quantitative estimate of drug-likeness (QED) is 0.711. The molecule has 90 valence electrons. The van der Waals surface area contributed by atoms with Crippen molar-refractivity contribution in [2.24, 2.45) is 0 Å². The van der Waals surface area contributed by atoms with Gasteiger partial charge in [0.1, 0.15) is 0 Å². The SMILES string of the molecule is Cc1cccc([PH](C)(C)c2ccccc2)c1C. The fourth-order valence-corrected chi connectivity index (χ4v) is 5.42. The number of benzene rings is 2. The van der Waals surface area contributed by atoms with E-state index in [2.05, 4.69) is 75.7 Å². The third kappa shape index (κ3) is 2.28. The summed E-state index contributed by atoms with van der Waals surface area (Å²) in [5.41, 5.74) is 2.87. The van der Waals surface area contributed by atoms with Crippen LogP contribution in [0.2, 0.25) is 0 Å². The molecule has 0 saturated heterocycles. The second-order valence-electron chi connectivity index (χ2n) is 5.24. The Labute approximate surface area is 105 Å². The van der Waals surface area contributed by atoms with Crippen LogP contribution >= 0.6 is 7.26 Å². The van der Waals surface area contributed by atoms with Crippen LogP contribution in [0.5, 0.6) is 0 Å². The molecule has 0 heterocycles. The van der Waals surface area contributed by atoms with Crippen LogP contribution in [-0.4, -0.2) is 13.3 Å². The molecule has 17 heavy (non-hydrogen) atoms. The Morgan fingerprint density at radius 3 is 2.06 bits per heavy atom. The fourth-order valence-electron chi connectivity index (χ4n) is 2.44. The fraction of sp³-hybridized carbons (Fsp3) is 0.250. The zero-order valence-electron chi connectivity index (χ0n) is 11.1. The van der Waals surface area contributed by atoms with Gasteiger partial charge in [-0.05, 0) is 0 Å². The monoisotopic (exact) mass is 244 g/mol. The van der Waals surface area contributed by atoms with Gasteiger partial charge in [0, 0.05) is 0 Å². The molecule has 0 nitrogen and oxygen atoms in total. The Balaban J connectivity index is 2.56. The molecule has 0 spiro atoms. The normalized spacial score (nSPS) is 12.5. The molecule has 0 aliphatic rings. The van der Waals surface area contributed by atoms with Gasteiger partial charge in [-0.25, -0.2) is 0 Å². The molecule has 2 aromatic carbocycles. The van der Waals surface area contributed by atoms with Crippen LogP contribution in [-0.2, 0) is 0 Å². The third-order valence-electron chi connectivity index (χ3n) is 3.77. The van der Waals surface area contributed by atoms with Gasteiger partial charge in [0.25, 0.3) is 0 Å². The topological polar surface area (TPSA) is 0 Å². The van der Waals surface area contributed by atoms with Crippen LogP contribution in [0.3, 0.4) is 0 Å². The van der Waals surface area contributed by atoms with E-state index in [1.807, 2.05) is 0 Å². The van der Waals surface area contributed by atoms with E-state index < -0.39 is 7.26 Å². The van der Waals surface area contributed by atoms with Gasteiger partial charge in [-0.2, -0.15) is 0 Å². The van der Waals surface area contributed by atoms with Crippen molar-refractivity contribution in [3.63, 3.8) is 0 Å². The summed E-state index contributed by atoms with van der Waals surface area (Å²) in [4.78, 5) is 0. The zero-order valence-corrected chi connectivity index (χ0v) is 12.1. The summed E-state index contributed by atoms with van der Waals surface area (Å²) in [6.07, 6.45) is 0. The molecule has 0 bridgehead atoms. The van der Waals surface area contributed by atoms with E-state index in [0.717, 1.165) is 0 Å². The van der Waals surface area contributed by atoms with Crippen LogP contribution in [0, 0.1) is 13.8 Å². The maximum atomic E-state index is 2.43. The second-order valence-corrected chi connectivity index (χ2v) is 9.60. The van der Waals surface area contributed by atoms with Crippen LogP contribution < -0.4 is 10.6 Å². The summed E-state index contributed by atoms with van der Waals surface area (Å²) in [7, 11) is -1.53. The van der Waals surface area contributed by atoms with Gasteiger partial charge in [-0.3, -0.25) is 0 Å². The molecule has 0 atom stereocenters. The molecule has 2 rings (SSSR count). The van der Waals surface area contributed by atoms with Gasteiger partial charge in [0.15, 0.2) is 0 Å². The molecule has 0 N–H and O–H groups in total. The van der Waals surface area contributed by atoms with E-state index in [1.54, 1.807) is 5.30 Å². The van der Waals surface area contributed by atoms with Gasteiger partial charge < -0.3 is 0 Å². The van der Waals surface area contributed by atoms with E-state index >= 15 is 0 Å². The van der Waals surface area contributed by atoms with E-state index in [0.29, 0.717) is 0 Å². The number of aryl methyl sites for hydroxylation is 1. The van der Waals surface area contributed by atoms with Crippen molar-refractivity contribution in [3.8, 4) is 0 Å². The van der Waals surface area contributed by atoms with E-state index in [9.17, 15) is 0 Å². The molecule has 0 fully saturated rings. The Morgan fingerprint density at radius 1 is 0.765 bits per heavy atom. The Kier molecular flexibility index (Phi) is 3.35. The van der Waals surface area contributed by atoms with Gasteiger partial charge in [-0.1, -0.05) is 0 Å². The number of hydrogen-bond donors (Lipinski definition) is 0. The van der Waals surface area contributed by atoms with Crippen molar-refractivity contribution in [2.75, 3.05) is 13.3 Å². The Bertz CT molecular complexity index is 512. The van der Waals surface area contributed by atoms with Gasteiger partial charge in [0.2, 0.25) is 0 Å². The molecule has 0 aromatic heterocycles. The summed E-state index contributed by atoms with van der Waals surface area (Å²) in [5, 5.41) is 3.07. The summed E-state index contributed by atoms with van der Waals surface area (Å²) in [5.74, 6) is 0. The van der Waals surface area contributed by atoms with Gasteiger partial charge >= 0.3 is 105 Å². The van der Waals surface area contributed by atoms with Crippen LogP contribution in [0.4, 0.5) is 0 Å². The first-order valence-electron chi connectivity index (χ1n) is 6.15. The number of rotatable bonds is 2. The second kappa shape index (κ2) is 4.63. The molecular weight excluding hydrogens is 223 g/mol. The van der Waals surface area contributed by atoms with Gasteiger partial charge in [0.05, 0.1) is 0 Å². The van der Waals surface area contributed by atoms with Crippen molar-refractivity contribution in [3.05, 3.63) is 59.7 Å². The molecule has 0 saturated carbocycles. The maximum absolute atomic E-state index is 2.43. The minimum absolute atomic E-state index is 1.40. The van der Waals surface area contributed by atoms with E-state index in [-0.39, 0.29) is 0 Å². The Hall–Kier alpha value is -1.13. The van der Waals surface area contributed by atoms with Crippen molar-refractivity contribution in [1.82, 2.24) is 0 Å². The first-order chi connectivity index (χ1) is 8.03. The molecule has 1 heteroatoms. The van der Waals surface area contributed by atoms with Crippen molar-refractivity contribution in [1.29, 1.82) is 0 Å². The van der Waals surface area contributed by atoms with Gasteiger partial charge in [-0.15, -0.1) is 0 Å². The van der Waals surface area contributed by atoms with E-state index in [1.165, 1.54) is 16.4 Å². The van der Waals surface area contributed by atoms with Crippen LogP contribution in [0.1, 0.15) is 11.1 Å². The van der Waals surface area contributed by atoms with E-state index in [4.69, 9.17) is 0 Å². The first-order valence-corrected chi connectivity index (χ1v) is 9.15. The summed E-state index contributed by atoms with van der Waals surface area (Å²) in [6, 6.07) is 17.6. The molecule has 0 radical (unpaired) electrons. The third-order valence-corrected chi connectivity index (χ3v) is 7.44. The summed E-state index contributed by atoms with van der Waals surface area (Å²) in [6.45, 7) is 9.32. The molecule has 0 unspecified atom stereocenters. The van der Waals surface area contributed by atoms with Crippen molar-refractivity contribution in [2.45, 2.75) is 13.8 Å². The summed E-state index contributed by atoms with van der Waals surface area (Å²) >= 11 is 0. The summed E-state index contributed by atoms with van der Waals surface area (Å²) < 4.78 is 0. The predicted octanol–water partition coefficient (Wildman–Crippen LogP) is 3.26. The molecule has 2 aromatic rings. The average Bonchev–Trinajstić information content (AvgIpc) is 2.33. The predicted molar refractivity (Wildman–Crippen MR) is 81.8 cm³/mol. The first kappa shape index (κ1) is 12.3. The molecular formula is C16H21P. The standard InChI is InChI=1S/C16H21P/c1-13-9-8-12-16(14(13)2)17(3,4)15-10-6-5-7-11-15/h5-12,17H,1-4H3. The number of hydrogen-bond acceptors (Lipinski definition) is 0. The molecule has 0 aliphatic heterocycles. The Morgan fingerprint density at radius 2 is 1.41 bits per heavy atom. The van der Waals surface area contributed by atoms with Crippen LogP contribution in [0.15, 0.2) is 48.5 Å². The molecule has 0 amide bonds. The zero-order chi connectivity index (χ0) is 12.5. The minimum atomic E-state index is -1.53. The molecule has 0 aliphatic carbocycles. The van der Waals surface area contributed by atoms with Crippen molar-refractivity contribution >= 4 is 17.9 Å². The van der Waals surface area contributed by atoms with Crippen molar-refractivity contribution < 1.29 is 0 Å². The average molecular weight is 244 g/mol.